The Bertz CT molecular complexity index is 587. The Labute approximate surface area is 165 Å². The first-order valence-electron chi connectivity index (χ1n) is 9.47. The average Bonchev–Trinajstić information content (AvgIpc) is 3.00. The van der Waals surface area contributed by atoms with E-state index >= 15 is 0 Å². The van der Waals surface area contributed by atoms with Crippen molar-refractivity contribution in [1.82, 2.24) is 4.90 Å². The van der Waals surface area contributed by atoms with Gasteiger partial charge in [-0.1, -0.05) is 25.5 Å². The summed E-state index contributed by atoms with van der Waals surface area (Å²) in [6.07, 6.45) is 4.36. The van der Waals surface area contributed by atoms with Crippen LogP contribution in [-0.2, 0) is 16.1 Å². The largest absolute Gasteiger partial charge is 0.494 e. The van der Waals surface area contributed by atoms with Gasteiger partial charge in [0.1, 0.15) is 11.8 Å². The molecule has 0 radical (unpaired) electrons. The zero-order valence-electron chi connectivity index (χ0n) is 15.7. The third-order valence-electron chi connectivity index (χ3n) is 4.96. The van der Waals surface area contributed by atoms with E-state index in [1.165, 1.54) is 30.6 Å². The quantitative estimate of drug-likeness (QED) is 0.509. The fraction of sp³-hybridized carbons (Fsp3) is 0.650. The number of ether oxygens (including phenoxy) is 2. The Hall–Kier alpha value is -0.850. The summed E-state index contributed by atoms with van der Waals surface area (Å²) in [6.45, 7) is 4.65. The number of likely N-dealkylation sites (tertiary alicyclic amines) is 1. The molecule has 0 bridgehead atoms. The Morgan fingerprint density at radius 2 is 2.00 bits per heavy atom. The zero-order chi connectivity index (χ0) is 18.4. The molecule has 2 aliphatic heterocycles. The van der Waals surface area contributed by atoms with Crippen LogP contribution >= 0.6 is 23.5 Å². The fourth-order valence-electron chi connectivity index (χ4n) is 3.53. The molecule has 0 aromatic heterocycles. The lowest BCUT2D eigenvalue weighted by Gasteiger charge is -2.32. The lowest BCUT2D eigenvalue weighted by Crippen LogP contribution is -2.36. The van der Waals surface area contributed by atoms with Crippen LogP contribution in [0.2, 0.25) is 0 Å². The molecule has 6 heteroatoms. The lowest BCUT2D eigenvalue weighted by atomic mass is 10.1. The van der Waals surface area contributed by atoms with Gasteiger partial charge in [-0.15, -0.1) is 23.5 Å². The van der Waals surface area contributed by atoms with E-state index in [4.69, 9.17) is 9.47 Å². The predicted molar refractivity (Wildman–Crippen MR) is 110 cm³/mol. The summed E-state index contributed by atoms with van der Waals surface area (Å²) >= 11 is 4.05. The molecule has 144 valence electrons. The molecule has 2 saturated heterocycles. The number of nitrogens with zero attached hydrogens (tertiary/aromatic N) is 1. The standard InChI is InChI=1S/C20H29NO3S2/c1-3-4-10-24-17-8-6-16(7-9-17)14-21-15-20(25-11-5-12-26-20)13-18(21)19(22)23-2/h6-9,18H,3-5,10-15H2,1-2H3/t18-/m1/s1. The molecule has 1 atom stereocenters. The molecule has 0 N–H and O–H groups in total. The van der Waals surface area contributed by atoms with Crippen molar-refractivity contribution < 1.29 is 14.3 Å². The number of thioether (sulfide) groups is 2. The summed E-state index contributed by atoms with van der Waals surface area (Å²) in [5.41, 5.74) is 1.21. The first kappa shape index (κ1) is 19.9. The van der Waals surface area contributed by atoms with Gasteiger partial charge >= 0.3 is 5.97 Å². The van der Waals surface area contributed by atoms with E-state index in [0.717, 1.165) is 44.7 Å². The molecule has 1 aromatic rings. The van der Waals surface area contributed by atoms with E-state index in [9.17, 15) is 4.79 Å². The van der Waals surface area contributed by atoms with E-state index < -0.39 is 0 Å². The normalized spacial score (nSPS) is 22.5. The highest BCUT2D eigenvalue weighted by Crippen LogP contribution is 2.50. The van der Waals surface area contributed by atoms with Gasteiger partial charge in [-0.3, -0.25) is 9.69 Å². The molecular formula is C20H29NO3S2. The molecule has 3 rings (SSSR count). The third-order valence-corrected chi connectivity index (χ3v) is 8.29. The van der Waals surface area contributed by atoms with Gasteiger partial charge in [-0.25, -0.2) is 0 Å². The first-order chi connectivity index (χ1) is 12.7. The molecule has 1 aromatic carbocycles. The molecule has 0 aliphatic carbocycles. The summed E-state index contributed by atoms with van der Waals surface area (Å²) in [5, 5.41) is 0. The number of carbonyl (C=O) groups is 1. The van der Waals surface area contributed by atoms with Crippen LogP contribution in [0.25, 0.3) is 0 Å². The second-order valence-corrected chi connectivity index (χ2v) is 10.2. The Balaban J connectivity index is 1.65. The van der Waals surface area contributed by atoms with E-state index in [1.54, 1.807) is 0 Å². The predicted octanol–water partition coefficient (Wildman–Crippen LogP) is 4.18. The smallest absolute Gasteiger partial charge is 0.323 e. The summed E-state index contributed by atoms with van der Waals surface area (Å²) in [7, 11) is 1.50. The van der Waals surface area contributed by atoms with Crippen LogP contribution in [0.4, 0.5) is 0 Å². The molecule has 2 fully saturated rings. The van der Waals surface area contributed by atoms with Crippen LogP contribution in [0.1, 0.15) is 38.2 Å². The van der Waals surface area contributed by atoms with Gasteiger partial charge < -0.3 is 9.47 Å². The number of esters is 1. The van der Waals surface area contributed by atoms with Crippen LogP contribution in [-0.4, -0.2) is 52.8 Å². The molecule has 2 heterocycles. The maximum absolute atomic E-state index is 12.3. The molecule has 0 saturated carbocycles. The second kappa shape index (κ2) is 9.38. The highest BCUT2D eigenvalue weighted by Gasteiger charge is 2.48. The summed E-state index contributed by atoms with van der Waals surface area (Å²) in [6, 6.07) is 8.16. The van der Waals surface area contributed by atoms with Crippen LogP contribution in [0.3, 0.4) is 0 Å². The van der Waals surface area contributed by atoms with Crippen molar-refractivity contribution >= 4 is 29.5 Å². The summed E-state index contributed by atoms with van der Waals surface area (Å²) < 4.78 is 11.0. The Kier molecular flexibility index (Phi) is 7.18. The van der Waals surface area contributed by atoms with Gasteiger partial charge in [0.25, 0.3) is 0 Å². The molecule has 2 aliphatic rings. The van der Waals surface area contributed by atoms with Gasteiger partial charge in [0.05, 0.1) is 17.8 Å². The Morgan fingerprint density at radius 3 is 2.65 bits per heavy atom. The van der Waals surface area contributed by atoms with Crippen LogP contribution < -0.4 is 4.74 Å². The molecule has 0 amide bonds. The summed E-state index contributed by atoms with van der Waals surface area (Å²) in [4.78, 5) is 14.6. The van der Waals surface area contributed by atoms with Crippen LogP contribution in [0.15, 0.2) is 24.3 Å². The topological polar surface area (TPSA) is 38.8 Å². The highest BCUT2D eigenvalue weighted by atomic mass is 32.2. The molecule has 0 unspecified atom stereocenters. The van der Waals surface area contributed by atoms with Crippen molar-refractivity contribution in [3.63, 3.8) is 0 Å². The van der Waals surface area contributed by atoms with Gasteiger partial charge in [-0.2, -0.15) is 0 Å². The van der Waals surface area contributed by atoms with Gasteiger partial charge in [0.2, 0.25) is 0 Å². The Morgan fingerprint density at radius 1 is 1.27 bits per heavy atom. The molecular weight excluding hydrogens is 366 g/mol. The number of carbonyl (C=O) groups excluding carboxylic acids is 1. The van der Waals surface area contributed by atoms with E-state index in [0.29, 0.717) is 0 Å². The minimum absolute atomic E-state index is 0.104. The maximum Gasteiger partial charge on any atom is 0.323 e. The van der Waals surface area contributed by atoms with Crippen molar-refractivity contribution in [3.05, 3.63) is 29.8 Å². The van der Waals surface area contributed by atoms with Crippen molar-refractivity contribution in [2.45, 2.75) is 49.3 Å². The van der Waals surface area contributed by atoms with E-state index in [-0.39, 0.29) is 16.1 Å². The lowest BCUT2D eigenvalue weighted by molar-refractivity contribution is -0.146. The van der Waals surface area contributed by atoms with Gasteiger partial charge in [-0.05, 0) is 48.5 Å². The first-order valence-corrected chi connectivity index (χ1v) is 11.4. The molecule has 1 spiro atoms. The third kappa shape index (κ3) is 4.90. The van der Waals surface area contributed by atoms with Crippen molar-refractivity contribution in [2.75, 3.05) is 31.8 Å². The summed E-state index contributed by atoms with van der Waals surface area (Å²) in [5.74, 6) is 3.20. The van der Waals surface area contributed by atoms with Crippen molar-refractivity contribution in [3.8, 4) is 5.75 Å². The number of benzene rings is 1. The second-order valence-electron chi connectivity index (χ2n) is 6.96. The number of unbranched alkanes of at least 4 members (excludes halogenated alkanes) is 1. The number of hydrogen-bond donors (Lipinski definition) is 0. The molecule has 26 heavy (non-hydrogen) atoms. The number of hydrogen-bond acceptors (Lipinski definition) is 6. The minimum Gasteiger partial charge on any atom is -0.494 e. The fourth-order valence-corrected chi connectivity index (χ4v) is 6.93. The molecule has 4 nitrogen and oxygen atoms in total. The number of rotatable bonds is 7. The zero-order valence-corrected chi connectivity index (χ0v) is 17.4. The van der Waals surface area contributed by atoms with Crippen molar-refractivity contribution in [1.29, 1.82) is 0 Å². The minimum atomic E-state index is -0.140. The van der Waals surface area contributed by atoms with Gasteiger partial charge in [0.15, 0.2) is 0 Å². The van der Waals surface area contributed by atoms with Crippen molar-refractivity contribution in [2.24, 2.45) is 0 Å². The van der Waals surface area contributed by atoms with E-state index in [1.807, 2.05) is 35.7 Å². The number of methoxy groups -OCH3 is 1. The van der Waals surface area contributed by atoms with E-state index in [2.05, 4.69) is 24.0 Å². The van der Waals surface area contributed by atoms with Gasteiger partial charge in [0, 0.05) is 13.1 Å². The SMILES string of the molecule is CCCCOc1ccc(CN2CC3(C[C@@H]2C(=O)OC)SCCCS3)cc1. The maximum atomic E-state index is 12.3. The highest BCUT2D eigenvalue weighted by molar-refractivity contribution is 8.18. The van der Waals surface area contributed by atoms with Crippen LogP contribution in [0, 0.1) is 0 Å². The van der Waals surface area contributed by atoms with Crippen LogP contribution in [0.5, 0.6) is 5.75 Å². The monoisotopic (exact) mass is 395 g/mol. The average molecular weight is 396 g/mol.